The molecule has 1 aromatic heterocycles. The van der Waals surface area contributed by atoms with Crippen LogP contribution in [0.5, 0.6) is 0 Å². The monoisotopic (exact) mass is 355 g/mol. The van der Waals surface area contributed by atoms with Crippen LogP contribution in [-0.4, -0.2) is 24.9 Å². The average molecular weight is 355 g/mol. The lowest BCUT2D eigenvalue weighted by Gasteiger charge is -2.23. The summed E-state index contributed by atoms with van der Waals surface area (Å²) in [6.07, 6.45) is 3.99. The molecule has 2 aromatic rings. The van der Waals surface area contributed by atoms with Crippen molar-refractivity contribution < 1.29 is 14.0 Å². The number of carbonyl (C=O) groups is 2. The van der Waals surface area contributed by atoms with Crippen molar-refractivity contribution in [2.45, 2.75) is 33.2 Å². The molecule has 26 heavy (non-hydrogen) atoms. The second kappa shape index (κ2) is 7.64. The summed E-state index contributed by atoms with van der Waals surface area (Å²) in [5.41, 5.74) is 0.654. The molecule has 6 heteroatoms. The van der Waals surface area contributed by atoms with Crippen molar-refractivity contribution >= 4 is 23.2 Å². The Bertz CT molecular complexity index is 745. The number of amides is 2. The zero-order valence-corrected chi connectivity index (χ0v) is 15.2. The normalized spacial score (nSPS) is 14.3. The number of anilines is 2. The smallest absolute Gasteiger partial charge is 0.239 e. The second-order valence-electron chi connectivity index (χ2n) is 7.08. The van der Waals surface area contributed by atoms with Crippen molar-refractivity contribution in [1.29, 1.82) is 0 Å². The van der Waals surface area contributed by atoms with Gasteiger partial charge in [-0.15, -0.1) is 0 Å². The highest BCUT2D eigenvalue weighted by Gasteiger charge is 2.36. The summed E-state index contributed by atoms with van der Waals surface area (Å²) >= 11 is 0. The van der Waals surface area contributed by atoms with E-state index >= 15 is 0 Å². The molecule has 1 aromatic carbocycles. The van der Waals surface area contributed by atoms with Gasteiger partial charge < -0.3 is 20.0 Å². The molecule has 0 radical (unpaired) electrons. The van der Waals surface area contributed by atoms with Crippen molar-refractivity contribution in [1.82, 2.24) is 5.32 Å². The summed E-state index contributed by atoms with van der Waals surface area (Å²) in [7, 11) is 0. The Kier molecular flexibility index (Phi) is 5.30. The number of carbonyl (C=O) groups excluding carboxylic acids is 2. The second-order valence-corrected chi connectivity index (χ2v) is 7.08. The predicted molar refractivity (Wildman–Crippen MR) is 101 cm³/mol. The summed E-state index contributed by atoms with van der Waals surface area (Å²) in [6.45, 7) is 5.63. The minimum Gasteiger partial charge on any atom is -0.467 e. The molecular weight excluding hydrogens is 330 g/mol. The summed E-state index contributed by atoms with van der Waals surface area (Å²) in [5.74, 6) is -0.0458. The standard InChI is InChI=1S/C20H25N3O3/c1-20(2,18(24)21-14-17-6-5-13-26-17)19(25)22-15-7-9-16(10-8-15)23-11-3-4-12-23/h5-10,13H,3-4,11-12,14H2,1-2H3,(H,21,24)(H,22,25). The minimum absolute atomic E-state index is 0.257. The third-order valence-electron chi connectivity index (χ3n) is 4.73. The van der Waals surface area contributed by atoms with E-state index in [-0.39, 0.29) is 18.4 Å². The Morgan fingerprint density at radius 1 is 1.08 bits per heavy atom. The quantitative estimate of drug-likeness (QED) is 0.781. The van der Waals surface area contributed by atoms with Gasteiger partial charge in [-0.3, -0.25) is 9.59 Å². The fraction of sp³-hybridized carbons (Fsp3) is 0.400. The van der Waals surface area contributed by atoms with Crippen LogP contribution in [0.1, 0.15) is 32.4 Å². The number of nitrogens with zero attached hydrogens (tertiary/aromatic N) is 1. The maximum atomic E-state index is 12.6. The van der Waals surface area contributed by atoms with E-state index < -0.39 is 5.41 Å². The summed E-state index contributed by atoms with van der Waals surface area (Å²) < 4.78 is 5.19. The van der Waals surface area contributed by atoms with Crippen LogP contribution in [-0.2, 0) is 16.1 Å². The van der Waals surface area contributed by atoms with Crippen LogP contribution in [0, 0.1) is 5.41 Å². The van der Waals surface area contributed by atoms with Crippen molar-refractivity contribution in [3.05, 3.63) is 48.4 Å². The first-order valence-corrected chi connectivity index (χ1v) is 8.94. The van der Waals surface area contributed by atoms with Gasteiger partial charge in [0.15, 0.2) is 0 Å². The van der Waals surface area contributed by atoms with Gasteiger partial charge in [0, 0.05) is 24.5 Å². The maximum absolute atomic E-state index is 12.6. The van der Waals surface area contributed by atoms with Crippen LogP contribution in [0.25, 0.3) is 0 Å². The summed E-state index contributed by atoms with van der Waals surface area (Å²) in [6, 6.07) is 11.3. The Labute approximate surface area is 153 Å². The highest BCUT2D eigenvalue weighted by Crippen LogP contribution is 2.24. The molecule has 0 aliphatic carbocycles. The number of hydrogen-bond acceptors (Lipinski definition) is 4. The van der Waals surface area contributed by atoms with Crippen LogP contribution in [0.4, 0.5) is 11.4 Å². The molecule has 1 saturated heterocycles. The van der Waals surface area contributed by atoms with Crippen LogP contribution in [0.3, 0.4) is 0 Å². The molecule has 0 spiro atoms. The van der Waals surface area contributed by atoms with Crippen molar-refractivity contribution in [2.24, 2.45) is 5.41 Å². The number of hydrogen-bond donors (Lipinski definition) is 2. The van der Waals surface area contributed by atoms with Crippen LogP contribution < -0.4 is 15.5 Å². The summed E-state index contributed by atoms with van der Waals surface area (Å²) in [4.78, 5) is 27.3. The van der Waals surface area contributed by atoms with Crippen molar-refractivity contribution in [2.75, 3.05) is 23.3 Å². The van der Waals surface area contributed by atoms with E-state index in [4.69, 9.17) is 4.42 Å². The average Bonchev–Trinajstić information content (AvgIpc) is 3.34. The van der Waals surface area contributed by atoms with Crippen molar-refractivity contribution in [3.8, 4) is 0 Å². The Balaban J connectivity index is 1.57. The molecule has 3 rings (SSSR count). The fourth-order valence-electron chi connectivity index (χ4n) is 2.92. The predicted octanol–water partition coefficient (Wildman–Crippen LogP) is 3.16. The molecular formula is C20H25N3O3. The lowest BCUT2D eigenvalue weighted by molar-refractivity contribution is -0.138. The Morgan fingerprint density at radius 3 is 2.38 bits per heavy atom. The van der Waals surface area contributed by atoms with E-state index in [2.05, 4.69) is 15.5 Å². The molecule has 2 amide bonds. The first-order valence-electron chi connectivity index (χ1n) is 8.94. The van der Waals surface area contributed by atoms with Crippen LogP contribution in [0.2, 0.25) is 0 Å². The van der Waals surface area contributed by atoms with Gasteiger partial charge in [0.1, 0.15) is 11.2 Å². The summed E-state index contributed by atoms with van der Waals surface area (Å²) in [5, 5.41) is 5.57. The number of furan rings is 1. The third-order valence-corrected chi connectivity index (χ3v) is 4.73. The molecule has 1 fully saturated rings. The minimum atomic E-state index is -1.19. The molecule has 0 unspecified atom stereocenters. The zero-order chi connectivity index (χ0) is 18.6. The zero-order valence-electron chi connectivity index (χ0n) is 15.2. The van der Waals surface area contributed by atoms with Gasteiger partial charge in [0.25, 0.3) is 0 Å². The van der Waals surface area contributed by atoms with Crippen LogP contribution >= 0.6 is 0 Å². The largest absolute Gasteiger partial charge is 0.467 e. The molecule has 0 bridgehead atoms. The molecule has 1 aliphatic rings. The molecule has 6 nitrogen and oxygen atoms in total. The fourth-order valence-corrected chi connectivity index (χ4v) is 2.92. The number of rotatable bonds is 6. The number of nitrogens with one attached hydrogen (secondary N) is 2. The van der Waals surface area contributed by atoms with Gasteiger partial charge in [-0.2, -0.15) is 0 Å². The van der Waals surface area contributed by atoms with Gasteiger partial charge in [-0.1, -0.05) is 0 Å². The van der Waals surface area contributed by atoms with Gasteiger partial charge >= 0.3 is 0 Å². The van der Waals surface area contributed by atoms with E-state index in [1.54, 1.807) is 32.2 Å². The van der Waals surface area contributed by atoms with E-state index in [0.717, 1.165) is 18.8 Å². The van der Waals surface area contributed by atoms with Gasteiger partial charge in [0.05, 0.1) is 12.8 Å². The molecule has 138 valence electrons. The number of benzene rings is 1. The topological polar surface area (TPSA) is 74.6 Å². The SMILES string of the molecule is CC(C)(C(=O)NCc1ccco1)C(=O)Nc1ccc(N2CCCC2)cc1. The first kappa shape index (κ1) is 18.0. The highest BCUT2D eigenvalue weighted by atomic mass is 16.3. The highest BCUT2D eigenvalue weighted by molar-refractivity contribution is 6.09. The van der Waals surface area contributed by atoms with Gasteiger partial charge in [-0.25, -0.2) is 0 Å². The third kappa shape index (κ3) is 4.07. The van der Waals surface area contributed by atoms with E-state index in [0.29, 0.717) is 11.4 Å². The van der Waals surface area contributed by atoms with Gasteiger partial charge in [-0.05, 0) is 63.1 Å². The van der Waals surface area contributed by atoms with Gasteiger partial charge in [0.2, 0.25) is 11.8 Å². The molecule has 0 saturated carbocycles. The molecule has 2 heterocycles. The lowest BCUT2D eigenvalue weighted by atomic mass is 9.91. The van der Waals surface area contributed by atoms with E-state index in [1.165, 1.54) is 12.8 Å². The lowest BCUT2D eigenvalue weighted by Crippen LogP contribution is -2.44. The van der Waals surface area contributed by atoms with Crippen LogP contribution in [0.15, 0.2) is 47.1 Å². The molecule has 2 N–H and O–H groups in total. The van der Waals surface area contributed by atoms with Crippen molar-refractivity contribution in [3.63, 3.8) is 0 Å². The maximum Gasteiger partial charge on any atom is 0.239 e. The Morgan fingerprint density at radius 2 is 1.77 bits per heavy atom. The first-order chi connectivity index (χ1) is 12.5. The van der Waals surface area contributed by atoms with E-state index in [9.17, 15) is 9.59 Å². The van der Waals surface area contributed by atoms with E-state index in [1.807, 2.05) is 24.3 Å². The Hall–Kier alpha value is -2.76. The molecule has 0 atom stereocenters. The molecule has 1 aliphatic heterocycles.